The molecule has 0 spiro atoms. The van der Waals surface area contributed by atoms with Gasteiger partial charge in [0.15, 0.2) is 0 Å². The van der Waals surface area contributed by atoms with Crippen molar-refractivity contribution in [3.05, 3.63) is 64.9 Å². The average molecular weight is 307 g/mol. The Labute approximate surface area is 138 Å². The van der Waals surface area contributed by atoms with Crippen LogP contribution < -0.4 is 0 Å². The lowest BCUT2D eigenvalue weighted by atomic mass is 9.94. The van der Waals surface area contributed by atoms with E-state index in [-0.39, 0.29) is 0 Å². The van der Waals surface area contributed by atoms with Crippen molar-refractivity contribution < 1.29 is 0 Å². The van der Waals surface area contributed by atoms with Gasteiger partial charge in [0.2, 0.25) is 0 Å². The van der Waals surface area contributed by atoms with E-state index in [1.807, 2.05) is 37.0 Å². The molecule has 3 heteroatoms. The highest BCUT2D eigenvalue weighted by atomic mass is 15.2. The highest BCUT2D eigenvalue weighted by Gasteiger charge is 2.06. The number of rotatable bonds is 5. The minimum Gasteiger partial charge on any atom is -0.306 e. The first-order valence-corrected chi connectivity index (χ1v) is 7.86. The Morgan fingerprint density at radius 2 is 1.74 bits per heavy atom. The lowest BCUT2D eigenvalue weighted by Gasteiger charge is -2.11. The van der Waals surface area contributed by atoms with E-state index in [0.29, 0.717) is 5.71 Å². The largest absolute Gasteiger partial charge is 0.306 e. The van der Waals surface area contributed by atoms with Crippen molar-refractivity contribution in [2.45, 2.75) is 34.1 Å². The van der Waals surface area contributed by atoms with Gasteiger partial charge in [0.1, 0.15) is 0 Å². The first kappa shape index (κ1) is 16.9. The number of hydrogen-bond acceptors (Lipinski definition) is 2. The Balaban J connectivity index is 2.25. The Hall–Kier alpha value is -2.42. The van der Waals surface area contributed by atoms with Gasteiger partial charge >= 0.3 is 0 Å². The summed E-state index contributed by atoms with van der Waals surface area (Å²) in [5.74, 6) is 0. The molecule has 0 aliphatic carbocycles. The Kier molecular flexibility index (Phi) is 5.32. The molecular formula is C20H25N3. The highest BCUT2D eigenvalue weighted by Crippen LogP contribution is 2.22. The van der Waals surface area contributed by atoms with Crippen molar-refractivity contribution in [1.29, 1.82) is 5.41 Å². The van der Waals surface area contributed by atoms with E-state index in [1.54, 1.807) is 0 Å². The summed E-state index contributed by atoms with van der Waals surface area (Å²) in [5.41, 5.74) is 7.73. The predicted octanol–water partition coefficient (Wildman–Crippen LogP) is 4.95. The lowest BCUT2D eigenvalue weighted by Crippen LogP contribution is -1.98. The second-order valence-corrected chi connectivity index (χ2v) is 6.23. The van der Waals surface area contributed by atoms with E-state index >= 15 is 0 Å². The maximum atomic E-state index is 7.76. The van der Waals surface area contributed by atoms with E-state index in [2.05, 4.69) is 50.1 Å². The number of nitrogens with zero attached hydrogens (tertiary/aromatic N) is 2. The molecule has 0 saturated heterocycles. The number of allylic oxidation sites excluding steroid dienone is 4. The van der Waals surface area contributed by atoms with Crippen molar-refractivity contribution in [2.24, 2.45) is 7.05 Å². The van der Waals surface area contributed by atoms with Crippen LogP contribution >= 0.6 is 0 Å². The van der Waals surface area contributed by atoms with Crippen LogP contribution in [0.3, 0.4) is 0 Å². The maximum absolute atomic E-state index is 7.76. The second kappa shape index (κ2) is 7.23. The molecule has 0 fully saturated rings. The molecule has 23 heavy (non-hydrogen) atoms. The summed E-state index contributed by atoms with van der Waals surface area (Å²) in [6, 6.07) is 10.5. The molecule has 0 saturated carbocycles. The van der Waals surface area contributed by atoms with Gasteiger partial charge in [-0.25, -0.2) is 0 Å². The molecular weight excluding hydrogens is 282 g/mol. The van der Waals surface area contributed by atoms with Crippen LogP contribution in [0.15, 0.2) is 59.3 Å². The minimum absolute atomic E-state index is 0.589. The smallest absolute Gasteiger partial charge is 0.0923 e. The van der Waals surface area contributed by atoms with Crippen LogP contribution in [-0.2, 0) is 13.5 Å². The molecule has 2 rings (SSSR count). The summed E-state index contributed by atoms with van der Waals surface area (Å²) in [6.45, 7) is 8.19. The third-order valence-corrected chi connectivity index (χ3v) is 3.98. The number of aryl methyl sites for hydroxylation is 1. The Bertz CT molecular complexity index is 754. The Morgan fingerprint density at radius 3 is 2.22 bits per heavy atom. The molecule has 120 valence electrons. The highest BCUT2D eigenvalue weighted by molar-refractivity contribution is 5.91. The zero-order valence-electron chi connectivity index (χ0n) is 14.6. The summed E-state index contributed by atoms with van der Waals surface area (Å²) in [6.07, 6.45) is 4.76. The van der Waals surface area contributed by atoms with E-state index < -0.39 is 0 Å². The molecule has 0 bridgehead atoms. The van der Waals surface area contributed by atoms with Crippen molar-refractivity contribution in [3.63, 3.8) is 0 Å². The standard InChI is InChI=1S/C20H25N3/c1-14(2)16(4)19(12-15(3)21)13-17-6-8-18(9-7-17)20-10-11-23(5)22-20/h6-12,21H,13H2,1-5H3/b19-12-,21-15?. The van der Waals surface area contributed by atoms with Crippen LogP contribution in [0, 0.1) is 5.41 Å². The topological polar surface area (TPSA) is 41.7 Å². The zero-order valence-corrected chi connectivity index (χ0v) is 14.6. The number of aromatic nitrogens is 2. The second-order valence-electron chi connectivity index (χ2n) is 6.23. The van der Waals surface area contributed by atoms with Crippen molar-refractivity contribution in [1.82, 2.24) is 9.78 Å². The van der Waals surface area contributed by atoms with Gasteiger partial charge in [-0.1, -0.05) is 29.8 Å². The molecule has 0 aliphatic rings. The first-order valence-electron chi connectivity index (χ1n) is 7.86. The fraction of sp³-hybridized carbons (Fsp3) is 0.300. The van der Waals surface area contributed by atoms with Crippen LogP contribution in [0.2, 0.25) is 0 Å². The van der Waals surface area contributed by atoms with E-state index in [4.69, 9.17) is 5.41 Å². The predicted molar refractivity (Wildman–Crippen MR) is 97.9 cm³/mol. The molecule has 2 aromatic rings. The quantitative estimate of drug-likeness (QED) is 0.616. The molecule has 0 unspecified atom stereocenters. The molecule has 1 heterocycles. The fourth-order valence-electron chi connectivity index (χ4n) is 2.46. The van der Waals surface area contributed by atoms with E-state index in [9.17, 15) is 0 Å². The van der Waals surface area contributed by atoms with E-state index in [1.165, 1.54) is 22.3 Å². The molecule has 0 radical (unpaired) electrons. The van der Waals surface area contributed by atoms with Gasteiger partial charge < -0.3 is 5.41 Å². The third-order valence-electron chi connectivity index (χ3n) is 3.98. The molecule has 0 aliphatic heterocycles. The van der Waals surface area contributed by atoms with Crippen LogP contribution in [0.5, 0.6) is 0 Å². The third kappa shape index (κ3) is 4.52. The van der Waals surface area contributed by atoms with Gasteiger partial charge in [0.05, 0.1) is 5.69 Å². The van der Waals surface area contributed by atoms with Crippen molar-refractivity contribution in [3.8, 4) is 11.3 Å². The van der Waals surface area contributed by atoms with Crippen LogP contribution in [0.4, 0.5) is 0 Å². The van der Waals surface area contributed by atoms with Gasteiger partial charge in [-0.3, -0.25) is 4.68 Å². The normalized spacial score (nSPS) is 11.4. The van der Waals surface area contributed by atoms with Crippen molar-refractivity contribution >= 4 is 5.71 Å². The van der Waals surface area contributed by atoms with Gasteiger partial charge in [-0.05, 0) is 63.0 Å². The summed E-state index contributed by atoms with van der Waals surface area (Å²) in [4.78, 5) is 0. The summed E-state index contributed by atoms with van der Waals surface area (Å²) in [5, 5.41) is 12.2. The molecule has 1 aromatic carbocycles. The first-order chi connectivity index (χ1) is 10.9. The lowest BCUT2D eigenvalue weighted by molar-refractivity contribution is 0.771. The van der Waals surface area contributed by atoms with Gasteiger partial charge in [-0.15, -0.1) is 0 Å². The summed E-state index contributed by atoms with van der Waals surface area (Å²) in [7, 11) is 1.93. The maximum Gasteiger partial charge on any atom is 0.0923 e. The van der Waals surface area contributed by atoms with Crippen LogP contribution in [0.1, 0.15) is 33.3 Å². The zero-order chi connectivity index (χ0) is 17.0. The number of nitrogens with one attached hydrogen (secondary N) is 1. The average Bonchev–Trinajstić information content (AvgIpc) is 2.92. The molecule has 0 amide bonds. The molecule has 3 nitrogen and oxygen atoms in total. The van der Waals surface area contributed by atoms with Crippen molar-refractivity contribution in [2.75, 3.05) is 0 Å². The van der Waals surface area contributed by atoms with Gasteiger partial charge in [0, 0.05) is 24.5 Å². The SMILES string of the molecule is CC(=N)/C=C(/Cc1ccc(-c2ccn(C)n2)cc1)C(C)=C(C)C. The monoisotopic (exact) mass is 307 g/mol. The van der Waals surface area contributed by atoms with Gasteiger partial charge in [-0.2, -0.15) is 5.10 Å². The fourth-order valence-corrected chi connectivity index (χ4v) is 2.46. The molecule has 1 aromatic heterocycles. The summed E-state index contributed by atoms with van der Waals surface area (Å²) < 4.78 is 1.81. The summed E-state index contributed by atoms with van der Waals surface area (Å²) >= 11 is 0. The molecule has 1 N–H and O–H groups in total. The minimum atomic E-state index is 0.589. The molecule has 0 atom stereocenters. The number of hydrogen-bond donors (Lipinski definition) is 1. The number of benzene rings is 1. The Morgan fingerprint density at radius 1 is 1.09 bits per heavy atom. The van der Waals surface area contributed by atoms with E-state index in [0.717, 1.165) is 17.7 Å². The van der Waals surface area contributed by atoms with Gasteiger partial charge in [0.25, 0.3) is 0 Å². The van der Waals surface area contributed by atoms with Crippen LogP contribution in [-0.4, -0.2) is 15.5 Å². The van der Waals surface area contributed by atoms with Crippen LogP contribution in [0.25, 0.3) is 11.3 Å².